The topological polar surface area (TPSA) is 14.2 Å². The van der Waals surface area contributed by atoms with Crippen LogP contribution in [0.15, 0.2) is 30.6 Å². The van der Waals surface area contributed by atoms with Crippen molar-refractivity contribution in [2.45, 2.75) is 33.5 Å². The normalized spacial score (nSPS) is 13.3. The molecule has 15 heavy (non-hydrogen) atoms. The number of allylic oxidation sites excluding steroid dienone is 1. The van der Waals surface area contributed by atoms with Crippen LogP contribution in [0.5, 0.6) is 0 Å². The fourth-order valence-corrected chi connectivity index (χ4v) is 2.05. The number of rotatable bonds is 4. The summed E-state index contributed by atoms with van der Waals surface area (Å²) >= 11 is 0. The molecule has 1 aromatic heterocycles. The van der Waals surface area contributed by atoms with E-state index in [1.807, 2.05) is 29.1 Å². The van der Waals surface area contributed by atoms with E-state index in [1.54, 1.807) is 0 Å². The summed E-state index contributed by atoms with van der Waals surface area (Å²) in [6, 6.07) is 4.03. The molecule has 0 saturated heterocycles. The van der Waals surface area contributed by atoms with Gasteiger partial charge < -0.3 is 4.43 Å². The van der Waals surface area contributed by atoms with E-state index < -0.39 is 8.32 Å². The molecule has 84 valence electrons. The predicted octanol–water partition coefficient (Wildman–Crippen LogP) is 3.79. The fourth-order valence-electron chi connectivity index (χ4n) is 1.25. The Hall–Kier alpha value is -0.963. The van der Waals surface area contributed by atoms with Crippen LogP contribution in [0.25, 0.3) is 5.88 Å². The van der Waals surface area contributed by atoms with E-state index in [0.717, 1.165) is 5.88 Å². The second kappa shape index (κ2) is 4.70. The van der Waals surface area contributed by atoms with Gasteiger partial charge >= 0.3 is 0 Å². The highest BCUT2D eigenvalue weighted by molar-refractivity contribution is 6.70. The second-order valence-electron chi connectivity index (χ2n) is 5.05. The lowest BCUT2D eigenvalue weighted by atomic mass is 10.2. The Kier molecular flexibility index (Phi) is 3.80. The Bertz CT molecular complexity index is 320. The zero-order valence-electron chi connectivity index (χ0n) is 10.3. The molecular weight excluding hydrogens is 202 g/mol. The highest BCUT2D eigenvalue weighted by Gasteiger charge is 2.18. The molecule has 2 nitrogen and oxygen atoms in total. The molecule has 0 bridgehead atoms. The summed E-state index contributed by atoms with van der Waals surface area (Å²) in [4.78, 5) is 0. The average Bonchev–Trinajstić information content (AvgIpc) is 2.50. The first-order valence-electron chi connectivity index (χ1n) is 5.42. The molecule has 0 atom stereocenters. The quantitative estimate of drug-likeness (QED) is 0.559. The van der Waals surface area contributed by atoms with Crippen LogP contribution in [0.4, 0.5) is 0 Å². The summed E-state index contributed by atoms with van der Waals surface area (Å²) < 4.78 is 8.10. The van der Waals surface area contributed by atoms with E-state index in [1.165, 1.54) is 0 Å². The van der Waals surface area contributed by atoms with Gasteiger partial charge in [-0.05, 0) is 43.8 Å². The lowest BCUT2D eigenvalue weighted by Gasteiger charge is -2.23. The van der Waals surface area contributed by atoms with Crippen molar-refractivity contribution in [1.82, 2.24) is 4.57 Å². The zero-order chi connectivity index (χ0) is 11.5. The van der Waals surface area contributed by atoms with Gasteiger partial charge in [-0.2, -0.15) is 0 Å². The lowest BCUT2D eigenvalue weighted by molar-refractivity contribution is 0.472. The molecule has 3 heteroatoms. The maximum atomic E-state index is 6.06. The highest BCUT2D eigenvalue weighted by atomic mass is 28.4. The van der Waals surface area contributed by atoms with E-state index in [0.29, 0.717) is 5.92 Å². The molecule has 1 rings (SSSR count). The van der Waals surface area contributed by atoms with E-state index in [-0.39, 0.29) is 0 Å². The van der Waals surface area contributed by atoms with Crippen LogP contribution in [0.2, 0.25) is 19.6 Å². The van der Waals surface area contributed by atoms with Crippen molar-refractivity contribution in [3.05, 3.63) is 30.6 Å². The first kappa shape index (κ1) is 12.1. The van der Waals surface area contributed by atoms with Crippen molar-refractivity contribution in [1.29, 1.82) is 0 Å². The molecule has 0 spiro atoms. The molecule has 0 radical (unpaired) electrons. The Labute approximate surface area is 93.7 Å². The van der Waals surface area contributed by atoms with E-state index in [4.69, 9.17) is 4.43 Å². The summed E-state index contributed by atoms with van der Waals surface area (Å²) in [6.07, 6.45) is 6.21. The van der Waals surface area contributed by atoms with Gasteiger partial charge in [0.15, 0.2) is 5.88 Å². The number of aromatic nitrogens is 1. The summed E-state index contributed by atoms with van der Waals surface area (Å²) in [6.45, 7) is 10.9. The van der Waals surface area contributed by atoms with Gasteiger partial charge in [-0.25, -0.2) is 0 Å². The number of nitrogens with zero attached hydrogens (tertiary/aromatic N) is 1. The standard InChI is InChI=1S/C12H21NOSi/c1-11(2)10-12(14-15(3,4)5)13-8-6-7-9-13/h6-11H,1-5H3/b12-10+. The molecular formula is C12H21NOSi. The maximum Gasteiger partial charge on any atom is 0.244 e. The van der Waals surface area contributed by atoms with Crippen LogP contribution in [-0.4, -0.2) is 12.9 Å². The summed E-state index contributed by atoms with van der Waals surface area (Å²) in [7, 11) is -1.53. The Balaban J connectivity index is 2.90. The second-order valence-corrected chi connectivity index (χ2v) is 9.48. The third-order valence-corrected chi connectivity index (χ3v) is 2.57. The minimum atomic E-state index is -1.53. The SMILES string of the molecule is CC(C)/C=C(/O[Si](C)(C)C)n1cccc1. The maximum absolute atomic E-state index is 6.06. The lowest BCUT2D eigenvalue weighted by Crippen LogP contribution is -2.26. The number of hydrogen-bond donors (Lipinski definition) is 0. The van der Waals surface area contributed by atoms with Crippen molar-refractivity contribution in [2.24, 2.45) is 5.92 Å². The molecule has 1 heterocycles. The predicted molar refractivity (Wildman–Crippen MR) is 68.0 cm³/mol. The van der Waals surface area contributed by atoms with Crippen LogP contribution in [-0.2, 0) is 4.43 Å². The van der Waals surface area contributed by atoms with Crippen LogP contribution >= 0.6 is 0 Å². The van der Waals surface area contributed by atoms with Crippen molar-refractivity contribution in [2.75, 3.05) is 0 Å². The molecule has 0 aromatic carbocycles. The van der Waals surface area contributed by atoms with E-state index in [9.17, 15) is 0 Å². The molecule has 0 N–H and O–H groups in total. The van der Waals surface area contributed by atoms with Gasteiger partial charge in [-0.1, -0.05) is 13.8 Å². The minimum absolute atomic E-state index is 0.499. The van der Waals surface area contributed by atoms with Gasteiger partial charge in [0.05, 0.1) is 0 Å². The van der Waals surface area contributed by atoms with Gasteiger partial charge in [-0.15, -0.1) is 0 Å². The van der Waals surface area contributed by atoms with Gasteiger partial charge in [0, 0.05) is 12.4 Å². The molecule has 0 fully saturated rings. The summed E-state index contributed by atoms with van der Waals surface area (Å²) in [5.41, 5.74) is 0. The molecule has 0 saturated carbocycles. The van der Waals surface area contributed by atoms with E-state index in [2.05, 4.69) is 39.6 Å². The summed E-state index contributed by atoms with van der Waals surface area (Å²) in [5, 5.41) is 0. The first-order chi connectivity index (χ1) is 6.88. The van der Waals surface area contributed by atoms with Crippen LogP contribution in [0, 0.1) is 5.92 Å². The van der Waals surface area contributed by atoms with Crippen molar-refractivity contribution in [3.8, 4) is 0 Å². The number of hydrogen-bond acceptors (Lipinski definition) is 1. The van der Waals surface area contributed by atoms with Crippen LogP contribution in [0.3, 0.4) is 0 Å². The van der Waals surface area contributed by atoms with Crippen LogP contribution in [0.1, 0.15) is 13.8 Å². The zero-order valence-corrected chi connectivity index (χ0v) is 11.3. The molecule has 0 unspecified atom stereocenters. The molecule has 0 aliphatic heterocycles. The minimum Gasteiger partial charge on any atom is -0.533 e. The molecule has 0 aliphatic carbocycles. The molecule has 0 amide bonds. The van der Waals surface area contributed by atoms with Crippen molar-refractivity contribution >= 4 is 14.2 Å². The van der Waals surface area contributed by atoms with Gasteiger partial charge in [0.2, 0.25) is 8.32 Å². The first-order valence-corrected chi connectivity index (χ1v) is 8.83. The smallest absolute Gasteiger partial charge is 0.244 e. The summed E-state index contributed by atoms with van der Waals surface area (Å²) in [5.74, 6) is 1.47. The Morgan fingerprint density at radius 1 is 1.20 bits per heavy atom. The largest absolute Gasteiger partial charge is 0.533 e. The molecule has 1 aromatic rings. The third-order valence-electron chi connectivity index (χ3n) is 1.75. The average molecular weight is 223 g/mol. The van der Waals surface area contributed by atoms with Gasteiger partial charge in [0.25, 0.3) is 0 Å². The van der Waals surface area contributed by atoms with Crippen molar-refractivity contribution in [3.63, 3.8) is 0 Å². The Morgan fingerprint density at radius 2 is 1.73 bits per heavy atom. The van der Waals surface area contributed by atoms with Crippen molar-refractivity contribution < 1.29 is 4.43 Å². The third kappa shape index (κ3) is 4.38. The van der Waals surface area contributed by atoms with Crippen LogP contribution < -0.4 is 0 Å². The monoisotopic (exact) mass is 223 g/mol. The van der Waals surface area contributed by atoms with Gasteiger partial charge in [-0.3, -0.25) is 4.57 Å². The molecule has 0 aliphatic rings. The Morgan fingerprint density at radius 3 is 2.13 bits per heavy atom. The van der Waals surface area contributed by atoms with Gasteiger partial charge in [0.1, 0.15) is 0 Å². The highest BCUT2D eigenvalue weighted by Crippen LogP contribution is 2.17. The van der Waals surface area contributed by atoms with E-state index >= 15 is 0 Å². The fraction of sp³-hybridized carbons (Fsp3) is 0.500.